The predicted octanol–water partition coefficient (Wildman–Crippen LogP) is 2.01. The summed E-state index contributed by atoms with van der Waals surface area (Å²) < 4.78 is 13.3. The van der Waals surface area contributed by atoms with E-state index in [1.807, 2.05) is 6.92 Å². The van der Waals surface area contributed by atoms with Crippen LogP contribution < -0.4 is 10.6 Å². The summed E-state index contributed by atoms with van der Waals surface area (Å²) in [6.07, 6.45) is 1.13. The van der Waals surface area contributed by atoms with Crippen LogP contribution in [0.4, 0.5) is 10.1 Å². The summed E-state index contributed by atoms with van der Waals surface area (Å²) in [6.45, 7) is 4.00. The van der Waals surface area contributed by atoms with Crippen LogP contribution in [0.3, 0.4) is 0 Å². The number of piperidine rings is 1. The molecule has 0 aromatic heterocycles. The van der Waals surface area contributed by atoms with E-state index in [-0.39, 0.29) is 5.82 Å². The molecule has 15 heavy (non-hydrogen) atoms. The van der Waals surface area contributed by atoms with Crippen LogP contribution in [0, 0.1) is 12.7 Å². The molecule has 80 valence electrons. The smallest absolute Gasteiger partial charge is 0.123 e. The molecule has 3 rings (SSSR count). The molecule has 2 heterocycles. The molecule has 2 aliphatic heterocycles. The van der Waals surface area contributed by atoms with Crippen LogP contribution in [0.25, 0.3) is 0 Å². The van der Waals surface area contributed by atoms with Gasteiger partial charge in [-0.25, -0.2) is 4.39 Å². The van der Waals surface area contributed by atoms with Crippen LogP contribution in [0.15, 0.2) is 12.1 Å². The Morgan fingerprint density at radius 3 is 3.13 bits per heavy atom. The average Bonchev–Trinajstić information content (AvgIpc) is 2.57. The molecule has 1 saturated heterocycles. The van der Waals surface area contributed by atoms with Crippen molar-refractivity contribution in [3.63, 3.8) is 0 Å². The van der Waals surface area contributed by atoms with E-state index < -0.39 is 0 Å². The van der Waals surface area contributed by atoms with E-state index in [1.165, 1.54) is 0 Å². The first-order chi connectivity index (χ1) is 7.25. The van der Waals surface area contributed by atoms with Gasteiger partial charge < -0.3 is 10.6 Å². The fourth-order valence-corrected chi connectivity index (χ4v) is 2.80. The van der Waals surface area contributed by atoms with E-state index in [1.54, 1.807) is 12.1 Å². The number of anilines is 1. The third kappa shape index (κ3) is 1.34. The number of rotatable bonds is 0. The Bertz CT molecular complexity index is 403. The monoisotopic (exact) mass is 206 g/mol. The Labute approximate surface area is 88.9 Å². The molecule has 0 amide bonds. The molecule has 1 fully saturated rings. The topological polar surface area (TPSA) is 24.1 Å². The molecule has 0 bridgehead atoms. The van der Waals surface area contributed by atoms with Crippen LogP contribution in [-0.2, 0) is 0 Å². The Morgan fingerprint density at radius 2 is 2.27 bits per heavy atom. The molecule has 3 heteroatoms. The lowest BCUT2D eigenvalue weighted by Gasteiger charge is -2.26. The van der Waals surface area contributed by atoms with Crippen LogP contribution >= 0.6 is 0 Å². The molecule has 2 atom stereocenters. The van der Waals surface area contributed by atoms with Gasteiger partial charge in [0.15, 0.2) is 0 Å². The SMILES string of the molecule is Cc1cc(F)cc2c1NC1CCNCC21. The van der Waals surface area contributed by atoms with Crippen LogP contribution in [-0.4, -0.2) is 19.1 Å². The molecular weight excluding hydrogens is 191 g/mol. The quantitative estimate of drug-likeness (QED) is 0.678. The van der Waals surface area contributed by atoms with Crippen molar-refractivity contribution in [2.45, 2.75) is 25.3 Å². The third-order valence-corrected chi connectivity index (χ3v) is 3.54. The summed E-state index contributed by atoms with van der Waals surface area (Å²) in [4.78, 5) is 0. The lowest BCUT2D eigenvalue weighted by atomic mass is 9.90. The van der Waals surface area contributed by atoms with Gasteiger partial charge in [-0.2, -0.15) is 0 Å². The molecule has 0 radical (unpaired) electrons. The second kappa shape index (κ2) is 3.20. The van der Waals surface area contributed by atoms with Gasteiger partial charge in [0, 0.05) is 24.2 Å². The average molecular weight is 206 g/mol. The molecule has 1 aromatic carbocycles. The number of aryl methyl sites for hydroxylation is 1. The fourth-order valence-electron chi connectivity index (χ4n) is 2.80. The van der Waals surface area contributed by atoms with Crippen molar-refractivity contribution in [2.24, 2.45) is 0 Å². The number of nitrogens with one attached hydrogen (secondary N) is 2. The van der Waals surface area contributed by atoms with Gasteiger partial charge in [0.1, 0.15) is 5.82 Å². The van der Waals surface area contributed by atoms with Crippen LogP contribution in [0.5, 0.6) is 0 Å². The minimum Gasteiger partial charge on any atom is -0.381 e. The van der Waals surface area contributed by atoms with Crippen molar-refractivity contribution in [3.8, 4) is 0 Å². The highest BCUT2D eigenvalue weighted by atomic mass is 19.1. The van der Waals surface area contributed by atoms with E-state index in [9.17, 15) is 4.39 Å². The first-order valence-electron chi connectivity index (χ1n) is 5.53. The zero-order valence-corrected chi connectivity index (χ0v) is 8.81. The van der Waals surface area contributed by atoms with Crippen LogP contribution in [0.2, 0.25) is 0 Å². The summed E-state index contributed by atoms with van der Waals surface area (Å²) in [5, 5.41) is 6.90. The highest BCUT2D eigenvalue weighted by Gasteiger charge is 2.34. The minimum absolute atomic E-state index is 0.112. The number of hydrogen-bond donors (Lipinski definition) is 2. The maximum Gasteiger partial charge on any atom is 0.123 e. The Kier molecular flexibility index (Phi) is 1.96. The van der Waals surface area contributed by atoms with E-state index in [2.05, 4.69) is 10.6 Å². The molecule has 0 aliphatic carbocycles. The first kappa shape index (κ1) is 9.16. The van der Waals surface area contributed by atoms with E-state index in [4.69, 9.17) is 0 Å². The van der Waals surface area contributed by atoms with Gasteiger partial charge >= 0.3 is 0 Å². The lowest BCUT2D eigenvalue weighted by molar-refractivity contribution is 0.439. The van der Waals surface area contributed by atoms with E-state index >= 15 is 0 Å². The van der Waals surface area contributed by atoms with Crippen molar-refractivity contribution in [2.75, 3.05) is 18.4 Å². The standard InChI is InChI=1S/C12H15FN2/c1-7-4-8(13)5-9-10-6-14-3-2-11(10)15-12(7)9/h4-5,10-11,14-15H,2-3,6H2,1H3. The zero-order valence-electron chi connectivity index (χ0n) is 8.81. The van der Waals surface area contributed by atoms with Gasteiger partial charge in [-0.3, -0.25) is 0 Å². The molecule has 0 spiro atoms. The fraction of sp³-hybridized carbons (Fsp3) is 0.500. The largest absolute Gasteiger partial charge is 0.381 e. The molecule has 2 unspecified atom stereocenters. The summed E-state index contributed by atoms with van der Waals surface area (Å²) in [6, 6.07) is 3.80. The predicted molar refractivity (Wildman–Crippen MR) is 58.8 cm³/mol. The van der Waals surface area contributed by atoms with Gasteiger partial charge in [-0.1, -0.05) is 0 Å². The van der Waals surface area contributed by atoms with Crippen molar-refractivity contribution in [1.82, 2.24) is 5.32 Å². The number of fused-ring (bicyclic) bond motifs is 3. The molecule has 2 nitrogen and oxygen atoms in total. The van der Waals surface area contributed by atoms with Crippen molar-refractivity contribution in [3.05, 3.63) is 29.1 Å². The summed E-state index contributed by atoms with van der Waals surface area (Å²) in [7, 11) is 0. The maximum atomic E-state index is 13.3. The van der Waals surface area contributed by atoms with Crippen molar-refractivity contribution >= 4 is 5.69 Å². The normalized spacial score (nSPS) is 28.1. The Morgan fingerprint density at radius 1 is 1.40 bits per heavy atom. The zero-order chi connectivity index (χ0) is 10.4. The second-order valence-corrected chi connectivity index (χ2v) is 4.54. The van der Waals surface area contributed by atoms with Gasteiger partial charge in [-0.15, -0.1) is 0 Å². The van der Waals surface area contributed by atoms with Crippen LogP contribution in [0.1, 0.15) is 23.5 Å². The molecule has 2 aliphatic rings. The first-order valence-corrected chi connectivity index (χ1v) is 5.53. The lowest BCUT2D eigenvalue weighted by Crippen LogP contribution is -2.38. The Balaban J connectivity index is 2.08. The van der Waals surface area contributed by atoms with Gasteiger partial charge in [0.05, 0.1) is 0 Å². The molecule has 1 aromatic rings. The third-order valence-electron chi connectivity index (χ3n) is 3.54. The van der Waals surface area contributed by atoms with Crippen molar-refractivity contribution < 1.29 is 4.39 Å². The molecular formula is C12H15FN2. The molecule has 2 N–H and O–H groups in total. The summed E-state index contributed by atoms with van der Waals surface area (Å²) >= 11 is 0. The Hall–Kier alpha value is -1.09. The molecule has 0 saturated carbocycles. The minimum atomic E-state index is -0.112. The van der Waals surface area contributed by atoms with E-state index in [0.717, 1.165) is 36.3 Å². The maximum absolute atomic E-state index is 13.3. The van der Waals surface area contributed by atoms with Gasteiger partial charge in [0.25, 0.3) is 0 Å². The second-order valence-electron chi connectivity index (χ2n) is 4.54. The number of hydrogen-bond acceptors (Lipinski definition) is 2. The van der Waals surface area contributed by atoms with Gasteiger partial charge in [0.2, 0.25) is 0 Å². The highest BCUT2D eigenvalue weighted by Crippen LogP contribution is 2.40. The van der Waals surface area contributed by atoms with Gasteiger partial charge in [-0.05, 0) is 43.1 Å². The summed E-state index contributed by atoms with van der Waals surface area (Å²) in [5.74, 6) is 0.336. The number of halogens is 1. The van der Waals surface area contributed by atoms with Crippen molar-refractivity contribution in [1.29, 1.82) is 0 Å². The van der Waals surface area contributed by atoms with E-state index in [0.29, 0.717) is 12.0 Å². The number of benzene rings is 1. The highest BCUT2D eigenvalue weighted by molar-refractivity contribution is 5.64. The summed E-state index contributed by atoms with van der Waals surface area (Å²) in [5.41, 5.74) is 3.35.